The minimum absolute atomic E-state index is 0.00423. The predicted octanol–water partition coefficient (Wildman–Crippen LogP) is 1.68. The third-order valence-corrected chi connectivity index (χ3v) is 5.97. The molecule has 0 fully saturated rings. The van der Waals surface area contributed by atoms with Crippen molar-refractivity contribution >= 4 is 5.91 Å². The number of pyridine rings is 1. The lowest BCUT2D eigenvalue weighted by molar-refractivity contribution is 0.0325. The van der Waals surface area contributed by atoms with Crippen molar-refractivity contribution in [1.29, 1.82) is 0 Å². The van der Waals surface area contributed by atoms with Crippen LogP contribution in [-0.2, 0) is 6.54 Å². The van der Waals surface area contributed by atoms with Gasteiger partial charge >= 0.3 is 0 Å². The third kappa shape index (κ3) is 5.35. The number of hydrogen-bond acceptors (Lipinski definition) is 9. The second-order valence-electron chi connectivity index (χ2n) is 8.77. The van der Waals surface area contributed by atoms with Crippen LogP contribution in [0.4, 0.5) is 0 Å². The quantitative estimate of drug-likeness (QED) is 0.558. The SMILES string of the molecule is C[C@H](CO)N1C[C@H](C)[C@@H](CN(C)Cc2cncnc2)Oc2ncc(-c3cncnc3)cc2C1=O. The smallest absolute Gasteiger partial charge is 0.259 e. The van der Waals surface area contributed by atoms with E-state index in [1.807, 2.05) is 14.0 Å². The molecule has 1 N–H and O–H groups in total. The normalized spacial score (nSPS) is 19.2. The van der Waals surface area contributed by atoms with Crippen LogP contribution in [0.5, 0.6) is 5.88 Å². The minimum atomic E-state index is -0.343. The Bertz CT molecular complexity index is 1100. The molecule has 3 atom stereocenters. The number of fused-ring (bicyclic) bond motifs is 1. The van der Waals surface area contributed by atoms with E-state index in [1.54, 1.807) is 42.0 Å². The average molecular weight is 464 g/mol. The van der Waals surface area contributed by atoms with E-state index in [2.05, 4.69) is 36.7 Å². The number of carbonyl (C=O) groups is 1. The number of aromatic nitrogens is 5. The summed E-state index contributed by atoms with van der Waals surface area (Å²) in [6, 6.07) is 1.42. The molecule has 0 spiro atoms. The lowest BCUT2D eigenvalue weighted by Gasteiger charge is -2.37. The van der Waals surface area contributed by atoms with Crippen molar-refractivity contribution in [2.24, 2.45) is 5.92 Å². The topological polar surface area (TPSA) is 117 Å². The van der Waals surface area contributed by atoms with Crippen molar-refractivity contribution in [1.82, 2.24) is 34.7 Å². The second-order valence-corrected chi connectivity index (χ2v) is 8.77. The van der Waals surface area contributed by atoms with Gasteiger partial charge < -0.3 is 14.7 Å². The molecule has 10 nitrogen and oxygen atoms in total. The maximum absolute atomic E-state index is 13.5. The standard InChI is InChI=1S/C24H29N7O3/c1-16-10-31(17(2)13-32)24(33)21-4-19(20-7-27-15-28-8-20)9-29-23(21)34-22(16)12-30(3)11-18-5-25-14-26-6-18/h4-9,14-17,22,32H,10-13H2,1-3H3/t16-,17+,22+/m0/s1. The number of aliphatic hydroxyl groups excluding tert-OH is 1. The van der Waals surface area contributed by atoms with Crippen LogP contribution in [-0.4, -0.2) is 84.6 Å². The number of ether oxygens (including phenoxy) is 1. The molecule has 3 aromatic rings. The van der Waals surface area contributed by atoms with Gasteiger partial charge in [0.25, 0.3) is 5.91 Å². The van der Waals surface area contributed by atoms with Crippen molar-refractivity contribution in [2.75, 3.05) is 26.7 Å². The monoisotopic (exact) mass is 463 g/mol. The Hall–Kier alpha value is -3.50. The molecule has 0 aromatic carbocycles. The van der Waals surface area contributed by atoms with Gasteiger partial charge in [0.05, 0.1) is 12.6 Å². The van der Waals surface area contributed by atoms with Gasteiger partial charge in [0.15, 0.2) is 0 Å². The molecule has 178 valence electrons. The maximum Gasteiger partial charge on any atom is 0.259 e. The van der Waals surface area contributed by atoms with Crippen molar-refractivity contribution in [3.05, 3.63) is 60.8 Å². The van der Waals surface area contributed by atoms with E-state index >= 15 is 0 Å². The van der Waals surface area contributed by atoms with Gasteiger partial charge in [-0.05, 0) is 20.0 Å². The largest absolute Gasteiger partial charge is 0.472 e. The maximum atomic E-state index is 13.5. The number of nitrogens with zero attached hydrogens (tertiary/aromatic N) is 7. The van der Waals surface area contributed by atoms with Gasteiger partial charge in [-0.2, -0.15) is 0 Å². The predicted molar refractivity (Wildman–Crippen MR) is 125 cm³/mol. The number of carbonyl (C=O) groups excluding carboxylic acids is 1. The summed E-state index contributed by atoms with van der Waals surface area (Å²) >= 11 is 0. The van der Waals surface area contributed by atoms with Crippen LogP contribution in [0.2, 0.25) is 0 Å². The lowest BCUT2D eigenvalue weighted by Crippen LogP contribution is -2.49. The average Bonchev–Trinajstić information content (AvgIpc) is 2.86. The summed E-state index contributed by atoms with van der Waals surface area (Å²) in [4.78, 5) is 38.2. The summed E-state index contributed by atoms with van der Waals surface area (Å²) in [7, 11) is 2.01. The molecule has 0 unspecified atom stereocenters. The molecule has 10 heteroatoms. The lowest BCUT2D eigenvalue weighted by atomic mass is 9.99. The summed E-state index contributed by atoms with van der Waals surface area (Å²) in [5.41, 5.74) is 2.84. The first-order valence-electron chi connectivity index (χ1n) is 11.2. The van der Waals surface area contributed by atoms with Crippen molar-refractivity contribution in [3.63, 3.8) is 0 Å². The highest BCUT2D eigenvalue weighted by Gasteiger charge is 2.34. The summed E-state index contributed by atoms with van der Waals surface area (Å²) in [6.45, 7) is 5.48. The van der Waals surface area contributed by atoms with E-state index in [9.17, 15) is 9.90 Å². The third-order valence-electron chi connectivity index (χ3n) is 5.97. The highest BCUT2D eigenvalue weighted by molar-refractivity contribution is 5.98. The van der Waals surface area contributed by atoms with E-state index < -0.39 is 0 Å². The molecular weight excluding hydrogens is 434 g/mol. The van der Waals surface area contributed by atoms with Gasteiger partial charge in [-0.15, -0.1) is 0 Å². The first-order valence-corrected chi connectivity index (χ1v) is 11.2. The Kier molecular flexibility index (Phi) is 7.39. The Morgan fingerprint density at radius 2 is 1.79 bits per heavy atom. The van der Waals surface area contributed by atoms with E-state index in [-0.39, 0.29) is 36.5 Å². The van der Waals surface area contributed by atoms with Gasteiger partial charge in [-0.1, -0.05) is 6.92 Å². The zero-order valence-corrected chi connectivity index (χ0v) is 19.6. The van der Waals surface area contributed by atoms with Crippen molar-refractivity contribution in [3.8, 4) is 17.0 Å². The van der Waals surface area contributed by atoms with Crippen molar-refractivity contribution < 1.29 is 14.6 Å². The van der Waals surface area contributed by atoms with Crippen molar-refractivity contribution in [2.45, 2.75) is 32.5 Å². The fourth-order valence-electron chi connectivity index (χ4n) is 4.02. The summed E-state index contributed by atoms with van der Waals surface area (Å²) < 4.78 is 6.36. The van der Waals surface area contributed by atoms with Crippen LogP contribution in [0, 0.1) is 5.92 Å². The van der Waals surface area contributed by atoms with E-state index in [1.165, 1.54) is 12.7 Å². The summed E-state index contributed by atoms with van der Waals surface area (Å²) in [5.74, 6) is 0.0705. The van der Waals surface area contributed by atoms with E-state index in [4.69, 9.17) is 4.74 Å². The number of aliphatic hydroxyl groups is 1. The molecule has 34 heavy (non-hydrogen) atoms. The molecule has 0 saturated carbocycles. The van der Waals surface area contributed by atoms with Crippen LogP contribution in [0.1, 0.15) is 29.8 Å². The van der Waals surface area contributed by atoms with Crippen LogP contribution in [0.25, 0.3) is 11.1 Å². The molecule has 3 aromatic heterocycles. The second kappa shape index (κ2) is 10.6. The van der Waals surface area contributed by atoms with E-state index in [0.29, 0.717) is 25.2 Å². The Morgan fingerprint density at radius 1 is 1.12 bits per heavy atom. The van der Waals surface area contributed by atoms with Gasteiger partial charge in [0, 0.05) is 73.2 Å². The van der Waals surface area contributed by atoms with Crippen LogP contribution in [0.15, 0.2) is 49.7 Å². The van der Waals surface area contributed by atoms with Gasteiger partial charge in [0.2, 0.25) is 5.88 Å². The molecule has 4 heterocycles. The van der Waals surface area contributed by atoms with Crippen LogP contribution >= 0.6 is 0 Å². The number of amides is 1. The fourth-order valence-corrected chi connectivity index (χ4v) is 4.02. The fraction of sp³-hybridized carbons (Fsp3) is 0.417. The van der Waals surface area contributed by atoms with Crippen LogP contribution in [0.3, 0.4) is 0 Å². The molecule has 0 aliphatic carbocycles. The zero-order chi connectivity index (χ0) is 24.1. The molecule has 0 radical (unpaired) electrons. The Balaban J connectivity index is 1.65. The van der Waals surface area contributed by atoms with Gasteiger partial charge in [-0.25, -0.2) is 24.9 Å². The molecule has 0 bridgehead atoms. The molecule has 1 amide bonds. The van der Waals surface area contributed by atoms with Gasteiger partial charge in [-0.3, -0.25) is 9.69 Å². The highest BCUT2D eigenvalue weighted by atomic mass is 16.5. The first-order chi connectivity index (χ1) is 16.5. The summed E-state index contributed by atoms with van der Waals surface area (Å²) in [5, 5.41) is 9.83. The molecule has 4 rings (SSSR count). The zero-order valence-electron chi connectivity index (χ0n) is 19.6. The Labute approximate surface area is 198 Å². The molecule has 1 aliphatic heterocycles. The Morgan fingerprint density at radius 3 is 2.47 bits per heavy atom. The van der Waals surface area contributed by atoms with Gasteiger partial charge in [0.1, 0.15) is 24.3 Å². The van der Waals surface area contributed by atoms with E-state index in [0.717, 1.165) is 16.7 Å². The summed E-state index contributed by atoms with van der Waals surface area (Å²) in [6.07, 6.45) is 11.3. The first kappa shape index (κ1) is 23.7. The molecule has 1 aliphatic rings. The molecule has 0 saturated heterocycles. The molecular formula is C24H29N7O3. The number of hydrogen-bond donors (Lipinski definition) is 1. The van der Waals surface area contributed by atoms with Crippen LogP contribution < -0.4 is 4.74 Å². The minimum Gasteiger partial charge on any atom is -0.472 e. The highest BCUT2D eigenvalue weighted by Crippen LogP contribution is 2.30. The number of likely N-dealkylation sites (N-methyl/N-ethyl adjacent to an activating group) is 1. The number of rotatable bonds is 7.